The molecule has 0 aliphatic carbocycles. The maximum absolute atomic E-state index is 5.18. The van der Waals surface area contributed by atoms with E-state index in [1.807, 2.05) is 6.26 Å². The van der Waals surface area contributed by atoms with Crippen LogP contribution in [0.4, 0.5) is 0 Å². The molecule has 0 saturated carbocycles. The highest BCUT2D eigenvalue weighted by molar-refractivity contribution is 7.93. The zero-order chi connectivity index (χ0) is 5.54. The van der Waals surface area contributed by atoms with Gasteiger partial charge >= 0.3 is 0 Å². The normalized spacial score (nSPS) is 9.43. The SMILES string of the molecule is CSOCCCN. The molecule has 0 rings (SSSR count). The summed E-state index contributed by atoms with van der Waals surface area (Å²) in [6, 6.07) is 0. The van der Waals surface area contributed by atoms with Crippen LogP contribution in [0.5, 0.6) is 0 Å². The third kappa shape index (κ3) is 6.27. The van der Waals surface area contributed by atoms with Crippen molar-refractivity contribution in [2.24, 2.45) is 5.73 Å². The molecule has 0 aromatic rings. The lowest BCUT2D eigenvalue weighted by Gasteiger charge is -1.93. The van der Waals surface area contributed by atoms with Gasteiger partial charge in [0.2, 0.25) is 0 Å². The fourth-order valence-electron chi connectivity index (χ4n) is 0.226. The van der Waals surface area contributed by atoms with Crippen molar-refractivity contribution in [3.05, 3.63) is 0 Å². The van der Waals surface area contributed by atoms with Crippen LogP contribution in [0.3, 0.4) is 0 Å². The second-order valence-electron chi connectivity index (χ2n) is 1.13. The average Bonchev–Trinajstić information content (AvgIpc) is 1.69. The predicted octanol–water partition coefficient (Wildman–Crippen LogP) is 0.630. The molecule has 0 heterocycles. The fourth-order valence-corrected chi connectivity index (χ4v) is 0.510. The minimum absolute atomic E-state index is 0.723. The van der Waals surface area contributed by atoms with Crippen LogP contribution in [0, 0.1) is 0 Å². The van der Waals surface area contributed by atoms with Crippen LogP contribution >= 0.6 is 12.0 Å². The molecule has 0 amide bonds. The summed E-state index contributed by atoms with van der Waals surface area (Å²) in [4.78, 5) is 0. The molecule has 0 saturated heterocycles. The molecule has 2 nitrogen and oxygen atoms in total. The van der Waals surface area contributed by atoms with Crippen molar-refractivity contribution in [2.45, 2.75) is 6.42 Å². The van der Waals surface area contributed by atoms with Crippen LogP contribution in [-0.2, 0) is 4.18 Å². The predicted molar refractivity (Wildman–Crippen MR) is 33.1 cm³/mol. The monoisotopic (exact) mass is 121 g/mol. The molecule has 0 radical (unpaired) electrons. The standard InChI is InChI=1S/C4H11NOS/c1-7-6-4-2-3-5/h2-5H2,1H3. The average molecular weight is 121 g/mol. The van der Waals surface area contributed by atoms with Crippen LogP contribution in [0.25, 0.3) is 0 Å². The Morgan fingerprint density at radius 1 is 1.71 bits per heavy atom. The summed E-state index contributed by atoms with van der Waals surface area (Å²) in [6.07, 6.45) is 2.86. The van der Waals surface area contributed by atoms with Crippen molar-refractivity contribution in [3.63, 3.8) is 0 Å². The first-order valence-electron chi connectivity index (χ1n) is 2.27. The lowest BCUT2D eigenvalue weighted by Crippen LogP contribution is -2.01. The zero-order valence-electron chi connectivity index (χ0n) is 4.52. The van der Waals surface area contributed by atoms with Gasteiger partial charge in [-0.25, -0.2) is 0 Å². The smallest absolute Gasteiger partial charge is 0.0625 e. The highest BCUT2D eigenvalue weighted by Gasteiger charge is 1.79. The van der Waals surface area contributed by atoms with Gasteiger partial charge in [-0.05, 0) is 25.0 Å². The van der Waals surface area contributed by atoms with Gasteiger partial charge in [-0.1, -0.05) is 0 Å². The van der Waals surface area contributed by atoms with Crippen LogP contribution in [0.15, 0.2) is 0 Å². The molecular weight excluding hydrogens is 110 g/mol. The van der Waals surface area contributed by atoms with Gasteiger partial charge in [-0.15, -0.1) is 0 Å². The molecule has 0 aromatic carbocycles. The molecule has 0 aliphatic heterocycles. The van der Waals surface area contributed by atoms with E-state index in [9.17, 15) is 0 Å². The van der Waals surface area contributed by atoms with Gasteiger partial charge in [0, 0.05) is 6.26 Å². The molecular formula is C4H11NOS. The van der Waals surface area contributed by atoms with E-state index in [1.54, 1.807) is 0 Å². The lowest BCUT2D eigenvalue weighted by molar-refractivity contribution is 0.369. The number of hydrogen-bond acceptors (Lipinski definition) is 3. The Hall–Kier alpha value is 0.270. The fraction of sp³-hybridized carbons (Fsp3) is 1.00. The third-order valence-electron chi connectivity index (χ3n) is 0.550. The van der Waals surface area contributed by atoms with E-state index >= 15 is 0 Å². The maximum atomic E-state index is 5.18. The highest BCUT2D eigenvalue weighted by Crippen LogP contribution is 1.93. The molecule has 0 spiro atoms. The number of rotatable bonds is 4. The van der Waals surface area contributed by atoms with Crippen molar-refractivity contribution < 1.29 is 4.18 Å². The van der Waals surface area contributed by atoms with E-state index < -0.39 is 0 Å². The molecule has 7 heavy (non-hydrogen) atoms. The summed E-state index contributed by atoms with van der Waals surface area (Å²) in [5.74, 6) is 0. The summed E-state index contributed by atoms with van der Waals surface area (Å²) in [5.41, 5.74) is 5.18. The van der Waals surface area contributed by atoms with E-state index in [1.165, 1.54) is 12.0 Å². The molecule has 0 aliphatic rings. The van der Waals surface area contributed by atoms with Gasteiger partial charge in [0.1, 0.15) is 0 Å². The summed E-state index contributed by atoms with van der Waals surface area (Å²) in [6.45, 7) is 1.50. The molecule has 44 valence electrons. The van der Waals surface area contributed by atoms with Crippen LogP contribution in [0.1, 0.15) is 6.42 Å². The van der Waals surface area contributed by atoms with Gasteiger partial charge in [0.05, 0.1) is 6.61 Å². The van der Waals surface area contributed by atoms with Crippen molar-refractivity contribution in [3.8, 4) is 0 Å². The van der Waals surface area contributed by atoms with E-state index in [0.29, 0.717) is 0 Å². The van der Waals surface area contributed by atoms with Gasteiger partial charge in [-0.3, -0.25) is 0 Å². The molecule has 0 aromatic heterocycles. The van der Waals surface area contributed by atoms with Crippen molar-refractivity contribution >= 4 is 12.0 Å². The van der Waals surface area contributed by atoms with E-state index in [4.69, 9.17) is 9.92 Å². The van der Waals surface area contributed by atoms with Crippen LogP contribution < -0.4 is 5.73 Å². The highest BCUT2D eigenvalue weighted by atomic mass is 32.2. The molecule has 2 N–H and O–H groups in total. The molecule has 0 unspecified atom stereocenters. The number of hydrogen-bond donors (Lipinski definition) is 1. The van der Waals surface area contributed by atoms with Crippen LogP contribution in [0.2, 0.25) is 0 Å². The molecule has 3 heteroatoms. The Labute approximate surface area is 48.6 Å². The Kier molecular flexibility index (Phi) is 6.51. The van der Waals surface area contributed by atoms with Crippen molar-refractivity contribution in [1.82, 2.24) is 0 Å². The summed E-state index contributed by atoms with van der Waals surface area (Å²) < 4.78 is 4.91. The minimum Gasteiger partial charge on any atom is -0.330 e. The molecule has 0 fully saturated rings. The summed E-state index contributed by atoms with van der Waals surface area (Å²) >= 11 is 1.39. The van der Waals surface area contributed by atoms with Gasteiger partial charge in [0.15, 0.2) is 0 Å². The topological polar surface area (TPSA) is 35.2 Å². The summed E-state index contributed by atoms with van der Waals surface area (Å²) in [7, 11) is 0. The molecule has 0 bridgehead atoms. The Morgan fingerprint density at radius 3 is 2.86 bits per heavy atom. The third-order valence-corrected chi connectivity index (χ3v) is 0.952. The largest absolute Gasteiger partial charge is 0.330 e. The minimum atomic E-state index is 0.723. The van der Waals surface area contributed by atoms with Gasteiger partial charge < -0.3 is 9.92 Å². The first kappa shape index (κ1) is 7.27. The maximum Gasteiger partial charge on any atom is 0.0625 e. The number of nitrogens with two attached hydrogens (primary N) is 1. The quantitative estimate of drug-likeness (QED) is 0.437. The Balaban J connectivity index is 2.45. The van der Waals surface area contributed by atoms with E-state index in [2.05, 4.69) is 0 Å². The first-order valence-corrected chi connectivity index (χ1v) is 3.42. The first-order chi connectivity index (χ1) is 3.41. The van der Waals surface area contributed by atoms with Gasteiger partial charge in [-0.2, -0.15) is 0 Å². The lowest BCUT2D eigenvalue weighted by atomic mass is 10.5. The van der Waals surface area contributed by atoms with Crippen molar-refractivity contribution in [2.75, 3.05) is 19.4 Å². The summed E-state index contributed by atoms with van der Waals surface area (Å²) in [5, 5.41) is 0. The Bertz CT molecular complexity index is 30.9. The van der Waals surface area contributed by atoms with Crippen LogP contribution in [-0.4, -0.2) is 19.4 Å². The van der Waals surface area contributed by atoms with E-state index in [-0.39, 0.29) is 0 Å². The van der Waals surface area contributed by atoms with Crippen molar-refractivity contribution in [1.29, 1.82) is 0 Å². The van der Waals surface area contributed by atoms with E-state index in [0.717, 1.165) is 19.6 Å². The second-order valence-corrected chi connectivity index (χ2v) is 1.70. The van der Waals surface area contributed by atoms with Gasteiger partial charge in [0.25, 0.3) is 0 Å². The molecule has 0 atom stereocenters. The second kappa shape index (κ2) is 6.27. The zero-order valence-corrected chi connectivity index (χ0v) is 5.33. The Morgan fingerprint density at radius 2 is 2.43 bits per heavy atom.